The molecule has 0 aromatic heterocycles. The molecule has 17 heavy (non-hydrogen) atoms. The highest BCUT2D eigenvalue weighted by Gasteiger charge is 2.40. The van der Waals surface area contributed by atoms with E-state index in [9.17, 15) is 0 Å². The molecule has 102 valence electrons. The normalized spacial score (nSPS) is 28.2. The Labute approximate surface area is 107 Å². The van der Waals surface area contributed by atoms with Gasteiger partial charge in [-0.2, -0.15) is 0 Å². The summed E-state index contributed by atoms with van der Waals surface area (Å²) in [5.41, 5.74) is 0.279. The van der Waals surface area contributed by atoms with Crippen LogP contribution >= 0.6 is 0 Å². The van der Waals surface area contributed by atoms with Gasteiger partial charge in [0.1, 0.15) is 0 Å². The minimum absolute atomic E-state index is 0.279. The van der Waals surface area contributed by atoms with Crippen LogP contribution in [0, 0.1) is 5.92 Å². The first-order valence-corrected chi connectivity index (χ1v) is 6.90. The lowest BCUT2D eigenvalue weighted by Gasteiger charge is -2.52. The highest BCUT2D eigenvalue weighted by Crippen LogP contribution is 2.29. The van der Waals surface area contributed by atoms with Crippen molar-refractivity contribution in [2.24, 2.45) is 5.92 Å². The molecule has 1 aliphatic heterocycles. The lowest BCUT2D eigenvalue weighted by molar-refractivity contribution is -0.0410. The molecule has 1 saturated heterocycles. The third-order valence-electron chi connectivity index (χ3n) is 4.44. The van der Waals surface area contributed by atoms with Crippen LogP contribution in [0.5, 0.6) is 0 Å². The molecule has 0 saturated carbocycles. The molecule has 0 aromatic carbocycles. The van der Waals surface area contributed by atoms with E-state index in [0.29, 0.717) is 12.0 Å². The SMILES string of the molecule is COCCN1CCN(C(C)C)C[C@]1(C)C(C)C. The third-order valence-corrected chi connectivity index (χ3v) is 4.44. The quantitative estimate of drug-likeness (QED) is 0.734. The summed E-state index contributed by atoms with van der Waals surface area (Å²) in [6.45, 7) is 17.1. The molecule has 1 aliphatic rings. The Hall–Kier alpha value is -0.120. The zero-order valence-electron chi connectivity index (χ0n) is 12.5. The largest absolute Gasteiger partial charge is 0.383 e. The number of piperazine rings is 1. The second-order valence-electron chi connectivity index (χ2n) is 6.06. The summed E-state index contributed by atoms with van der Waals surface area (Å²) in [6.07, 6.45) is 0. The van der Waals surface area contributed by atoms with Gasteiger partial charge in [0, 0.05) is 44.9 Å². The van der Waals surface area contributed by atoms with Gasteiger partial charge in [0.15, 0.2) is 0 Å². The molecule has 3 heteroatoms. The van der Waals surface area contributed by atoms with Crippen LogP contribution in [0.15, 0.2) is 0 Å². The fourth-order valence-electron chi connectivity index (χ4n) is 2.65. The average Bonchev–Trinajstić information content (AvgIpc) is 2.27. The highest BCUT2D eigenvalue weighted by atomic mass is 16.5. The lowest BCUT2D eigenvalue weighted by Crippen LogP contribution is -2.64. The van der Waals surface area contributed by atoms with Gasteiger partial charge in [-0.25, -0.2) is 0 Å². The first-order chi connectivity index (χ1) is 7.91. The van der Waals surface area contributed by atoms with Crippen molar-refractivity contribution in [1.82, 2.24) is 9.80 Å². The smallest absolute Gasteiger partial charge is 0.0589 e. The fourth-order valence-corrected chi connectivity index (χ4v) is 2.65. The Morgan fingerprint density at radius 2 is 1.82 bits per heavy atom. The summed E-state index contributed by atoms with van der Waals surface area (Å²) in [7, 11) is 1.79. The van der Waals surface area contributed by atoms with Crippen LogP contribution in [0.2, 0.25) is 0 Å². The maximum atomic E-state index is 5.24. The van der Waals surface area contributed by atoms with E-state index in [-0.39, 0.29) is 5.54 Å². The van der Waals surface area contributed by atoms with Crippen LogP contribution in [-0.2, 0) is 4.74 Å². The molecule has 3 nitrogen and oxygen atoms in total. The second-order valence-corrected chi connectivity index (χ2v) is 6.06. The van der Waals surface area contributed by atoms with Gasteiger partial charge in [0.2, 0.25) is 0 Å². The molecule has 1 atom stereocenters. The standard InChI is InChI=1S/C14H30N2O/c1-12(2)14(5)11-15(13(3)4)7-8-16(14)9-10-17-6/h12-13H,7-11H2,1-6H3/t14-/m1/s1. The van der Waals surface area contributed by atoms with Crippen LogP contribution in [0.3, 0.4) is 0 Å². The highest BCUT2D eigenvalue weighted by molar-refractivity contribution is 4.96. The number of hydrogen-bond acceptors (Lipinski definition) is 3. The van der Waals surface area contributed by atoms with Gasteiger partial charge in [0.05, 0.1) is 6.61 Å². The minimum atomic E-state index is 0.279. The van der Waals surface area contributed by atoms with Crippen molar-refractivity contribution in [3.63, 3.8) is 0 Å². The summed E-state index contributed by atoms with van der Waals surface area (Å²) in [6, 6.07) is 0.651. The Balaban J connectivity index is 2.72. The molecule has 0 N–H and O–H groups in total. The summed E-state index contributed by atoms with van der Waals surface area (Å²) in [5.74, 6) is 0.668. The molecule has 0 amide bonds. The molecule has 1 fully saturated rings. The van der Waals surface area contributed by atoms with E-state index in [1.165, 1.54) is 13.1 Å². The van der Waals surface area contributed by atoms with Gasteiger partial charge >= 0.3 is 0 Å². The minimum Gasteiger partial charge on any atom is -0.383 e. The van der Waals surface area contributed by atoms with E-state index in [2.05, 4.69) is 44.4 Å². The number of nitrogens with zero attached hydrogens (tertiary/aromatic N) is 2. The van der Waals surface area contributed by atoms with Gasteiger partial charge in [-0.1, -0.05) is 13.8 Å². The first-order valence-electron chi connectivity index (χ1n) is 6.90. The summed E-state index contributed by atoms with van der Waals surface area (Å²) >= 11 is 0. The predicted octanol–water partition coefficient (Wildman–Crippen LogP) is 2.07. The van der Waals surface area contributed by atoms with Crippen molar-refractivity contribution in [3.05, 3.63) is 0 Å². The van der Waals surface area contributed by atoms with Crippen molar-refractivity contribution in [3.8, 4) is 0 Å². The number of ether oxygens (including phenoxy) is 1. The van der Waals surface area contributed by atoms with Gasteiger partial charge in [-0.05, 0) is 26.7 Å². The van der Waals surface area contributed by atoms with Crippen molar-refractivity contribution >= 4 is 0 Å². The van der Waals surface area contributed by atoms with Crippen molar-refractivity contribution in [2.45, 2.75) is 46.2 Å². The van der Waals surface area contributed by atoms with Crippen LogP contribution in [0.1, 0.15) is 34.6 Å². The average molecular weight is 242 g/mol. The number of hydrogen-bond donors (Lipinski definition) is 0. The molecular formula is C14H30N2O. The van der Waals surface area contributed by atoms with Crippen LogP contribution in [0.4, 0.5) is 0 Å². The lowest BCUT2D eigenvalue weighted by atomic mass is 9.84. The Kier molecular flexibility index (Phi) is 5.42. The first kappa shape index (κ1) is 14.9. The van der Waals surface area contributed by atoms with Crippen LogP contribution < -0.4 is 0 Å². The molecule has 1 heterocycles. The van der Waals surface area contributed by atoms with Gasteiger partial charge in [0.25, 0.3) is 0 Å². The van der Waals surface area contributed by atoms with E-state index < -0.39 is 0 Å². The van der Waals surface area contributed by atoms with Crippen LogP contribution in [-0.4, -0.2) is 61.3 Å². The molecule has 0 aromatic rings. The van der Waals surface area contributed by atoms with E-state index in [1.54, 1.807) is 7.11 Å². The Bertz CT molecular complexity index is 230. The third kappa shape index (κ3) is 3.43. The molecule has 0 aliphatic carbocycles. The number of rotatable bonds is 5. The summed E-state index contributed by atoms with van der Waals surface area (Å²) in [5, 5.41) is 0. The van der Waals surface area contributed by atoms with E-state index >= 15 is 0 Å². The van der Waals surface area contributed by atoms with Gasteiger partial charge in [-0.15, -0.1) is 0 Å². The van der Waals surface area contributed by atoms with Gasteiger partial charge < -0.3 is 4.74 Å². The topological polar surface area (TPSA) is 15.7 Å². The molecular weight excluding hydrogens is 212 g/mol. The van der Waals surface area contributed by atoms with Crippen molar-refractivity contribution in [2.75, 3.05) is 39.9 Å². The summed E-state index contributed by atoms with van der Waals surface area (Å²) < 4.78 is 5.24. The predicted molar refractivity (Wildman–Crippen MR) is 73.4 cm³/mol. The van der Waals surface area contributed by atoms with E-state index in [0.717, 1.165) is 19.7 Å². The molecule has 0 unspecified atom stereocenters. The zero-order valence-corrected chi connectivity index (χ0v) is 12.5. The molecule has 0 bridgehead atoms. The van der Waals surface area contributed by atoms with Crippen molar-refractivity contribution in [1.29, 1.82) is 0 Å². The van der Waals surface area contributed by atoms with Crippen molar-refractivity contribution < 1.29 is 4.74 Å². The zero-order chi connectivity index (χ0) is 13.1. The monoisotopic (exact) mass is 242 g/mol. The van der Waals surface area contributed by atoms with E-state index in [4.69, 9.17) is 4.74 Å². The van der Waals surface area contributed by atoms with E-state index in [1.807, 2.05) is 0 Å². The fraction of sp³-hybridized carbons (Fsp3) is 1.00. The second kappa shape index (κ2) is 6.17. The van der Waals surface area contributed by atoms with Crippen LogP contribution in [0.25, 0.3) is 0 Å². The summed E-state index contributed by atoms with van der Waals surface area (Å²) in [4.78, 5) is 5.21. The maximum absolute atomic E-state index is 5.24. The molecule has 0 spiro atoms. The Morgan fingerprint density at radius 1 is 1.18 bits per heavy atom. The maximum Gasteiger partial charge on any atom is 0.0589 e. The number of methoxy groups -OCH3 is 1. The van der Waals surface area contributed by atoms with Gasteiger partial charge in [-0.3, -0.25) is 9.80 Å². The Morgan fingerprint density at radius 3 is 2.29 bits per heavy atom. The molecule has 1 rings (SSSR count). The molecule has 0 radical (unpaired) electrons.